The van der Waals surface area contributed by atoms with Crippen LogP contribution < -0.4 is 0 Å². The summed E-state index contributed by atoms with van der Waals surface area (Å²) in [5, 5.41) is 0. The van der Waals surface area contributed by atoms with Crippen LogP contribution in [0.2, 0.25) is 6.04 Å². The summed E-state index contributed by atoms with van der Waals surface area (Å²) in [4.78, 5) is 4.43. The summed E-state index contributed by atoms with van der Waals surface area (Å²) in [6.45, 7) is 3.89. The van der Waals surface area contributed by atoms with Gasteiger partial charge in [0, 0.05) is 10.2 Å². The van der Waals surface area contributed by atoms with E-state index in [2.05, 4.69) is 44.6 Å². The molecule has 0 radical (unpaired) electrons. The van der Waals surface area contributed by atoms with Gasteiger partial charge in [-0.15, -0.1) is 0 Å². The summed E-state index contributed by atoms with van der Waals surface area (Å²) in [5.41, 5.74) is 0.0756. The first-order valence-electron chi connectivity index (χ1n) is 3.99. The number of rotatable bonds is 4. The second kappa shape index (κ2) is 4.04. The van der Waals surface area contributed by atoms with Gasteiger partial charge in [-0.25, -0.2) is 0 Å². The van der Waals surface area contributed by atoms with Gasteiger partial charge >= 0.3 is 0 Å². The summed E-state index contributed by atoms with van der Waals surface area (Å²) >= 11 is 0. The van der Waals surface area contributed by atoms with E-state index in [0.717, 1.165) is 0 Å². The minimum absolute atomic E-state index is 0.0756. The predicted octanol–water partition coefficient (Wildman–Crippen LogP) is -0.224. The van der Waals surface area contributed by atoms with Crippen molar-refractivity contribution in [3.05, 3.63) is 12.7 Å². The minimum atomic E-state index is 0.0756. The lowest BCUT2D eigenvalue weighted by atomic mass is 10.1. The Labute approximate surface area is 73.3 Å². The Morgan fingerprint density at radius 1 is 1.27 bits per heavy atom. The molecule has 0 aliphatic carbocycles. The largest absolute Gasteiger partial charge is 0.288 e. The third kappa shape index (κ3) is 1.92. The van der Waals surface area contributed by atoms with Crippen molar-refractivity contribution in [2.75, 3.05) is 28.2 Å². The lowest BCUT2D eigenvalue weighted by Crippen LogP contribution is -2.53. The standard InChI is InChI=1S/C8H20N2Si/c1-6-8(7-11,9(2)3)10(4)5/h6H,1,7H2,2-5,11H3. The molecule has 3 heteroatoms. The van der Waals surface area contributed by atoms with Crippen molar-refractivity contribution < 1.29 is 0 Å². The number of hydrogen-bond acceptors (Lipinski definition) is 2. The highest BCUT2D eigenvalue weighted by molar-refractivity contribution is 6.09. The second-order valence-electron chi connectivity index (χ2n) is 3.23. The molecule has 0 N–H and O–H groups in total. The fourth-order valence-electron chi connectivity index (χ4n) is 1.54. The fourth-order valence-corrected chi connectivity index (χ4v) is 3.10. The highest BCUT2D eigenvalue weighted by Gasteiger charge is 2.28. The minimum Gasteiger partial charge on any atom is -0.288 e. The van der Waals surface area contributed by atoms with E-state index in [1.807, 2.05) is 6.08 Å². The molecule has 11 heavy (non-hydrogen) atoms. The first-order chi connectivity index (χ1) is 5.01. The molecule has 66 valence electrons. The van der Waals surface area contributed by atoms with Crippen molar-refractivity contribution >= 4 is 10.2 Å². The van der Waals surface area contributed by atoms with Crippen molar-refractivity contribution in [2.24, 2.45) is 0 Å². The summed E-state index contributed by atoms with van der Waals surface area (Å²) in [6, 6.07) is 1.19. The van der Waals surface area contributed by atoms with E-state index < -0.39 is 0 Å². The summed E-state index contributed by atoms with van der Waals surface area (Å²) < 4.78 is 0. The van der Waals surface area contributed by atoms with Crippen LogP contribution in [0.25, 0.3) is 0 Å². The monoisotopic (exact) mass is 172 g/mol. The number of likely N-dealkylation sites (N-methyl/N-ethyl adjacent to an activating group) is 2. The normalized spacial score (nSPS) is 12.9. The zero-order valence-electron chi connectivity index (χ0n) is 8.39. The van der Waals surface area contributed by atoms with E-state index in [-0.39, 0.29) is 5.66 Å². The van der Waals surface area contributed by atoms with Crippen molar-refractivity contribution in [3.63, 3.8) is 0 Å². The van der Waals surface area contributed by atoms with E-state index in [1.54, 1.807) is 0 Å². The average molecular weight is 172 g/mol. The molecular weight excluding hydrogens is 152 g/mol. The lowest BCUT2D eigenvalue weighted by molar-refractivity contribution is 0.0699. The van der Waals surface area contributed by atoms with Gasteiger partial charge in [0.1, 0.15) is 0 Å². The van der Waals surface area contributed by atoms with Crippen LogP contribution in [0.4, 0.5) is 0 Å². The van der Waals surface area contributed by atoms with Crippen LogP contribution in [-0.4, -0.2) is 53.9 Å². The van der Waals surface area contributed by atoms with E-state index in [1.165, 1.54) is 16.3 Å². The maximum atomic E-state index is 3.89. The summed E-state index contributed by atoms with van der Waals surface area (Å²) in [7, 11) is 9.58. The van der Waals surface area contributed by atoms with E-state index >= 15 is 0 Å². The van der Waals surface area contributed by atoms with Crippen molar-refractivity contribution in [1.82, 2.24) is 9.80 Å². The molecule has 0 rings (SSSR count). The number of hydrogen-bond donors (Lipinski definition) is 0. The Morgan fingerprint density at radius 2 is 1.64 bits per heavy atom. The zero-order valence-corrected chi connectivity index (χ0v) is 10.4. The van der Waals surface area contributed by atoms with Gasteiger partial charge in [0.2, 0.25) is 0 Å². The highest BCUT2D eigenvalue weighted by atomic mass is 28.1. The SMILES string of the molecule is C=CC(C[SiH3])(N(C)C)N(C)C. The third-order valence-electron chi connectivity index (χ3n) is 2.40. The quantitative estimate of drug-likeness (QED) is 0.328. The van der Waals surface area contributed by atoms with Crippen LogP contribution in [0.1, 0.15) is 0 Å². The molecule has 0 aliphatic rings. The molecule has 0 aliphatic heterocycles. The van der Waals surface area contributed by atoms with Crippen LogP contribution in [0.15, 0.2) is 12.7 Å². The van der Waals surface area contributed by atoms with E-state index in [9.17, 15) is 0 Å². The van der Waals surface area contributed by atoms with Gasteiger partial charge in [0.05, 0.1) is 5.66 Å². The molecule has 0 aromatic heterocycles. The van der Waals surface area contributed by atoms with Crippen LogP contribution >= 0.6 is 0 Å². The highest BCUT2D eigenvalue weighted by Crippen LogP contribution is 2.19. The summed E-state index contributed by atoms with van der Waals surface area (Å²) in [6.07, 6.45) is 2.03. The molecule has 0 heterocycles. The summed E-state index contributed by atoms with van der Waals surface area (Å²) in [5.74, 6) is 0. The van der Waals surface area contributed by atoms with Gasteiger partial charge in [0.25, 0.3) is 0 Å². The van der Waals surface area contributed by atoms with Gasteiger partial charge in [-0.2, -0.15) is 0 Å². The van der Waals surface area contributed by atoms with Crippen molar-refractivity contribution in [2.45, 2.75) is 11.7 Å². The molecule has 0 atom stereocenters. The lowest BCUT2D eigenvalue weighted by Gasteiger charge is -2.42. The van der Waals surface area contributed by atoms with Gasteiger partial charge in [-0.3, -0.25) is 9.80 Å². The van der Waals surface area contributed by atoms with Crippen molar-refractivity contribution in [1.29, 1.82) is 0 Å². The molecule has 0 saturated heterocycles. The molecule has 2 nitrogen and oxygen atoms in total. The maximum Gasteiger partial charge on any atom is 0.0884 e. The first kappa shape index (κ1) is 10.9. The molecule has 0 fully saturated rings. The number of nitrogens with zero attached hydrogens (tertiary/aromatic N) is 2. The molecule has 0 bridgehead atoms. The molecule has 0 aromatic carbocycles. The first-order valence-corrected chi connectivity index (χ1v) is 5.41. The molecule has 0 aromatic rings. The second-order valence-corrected chi connectivity index (χ2v) is 3.93. The average Bonchev–Trinajstić information content (AvgIpc) is 1.90. The molecule has 0 unspecified atom stereocenters. The Hall–Kier alpha value is -0.123. The zero-order chi connectivity index (χ0) is 9.07. The Balaban J connectivity index is 4.60. The maximum absolute atomic E-state index is 3.89. The van der Waals surface area contributed by atoms with Gasteiger partial charge in [-0.1, -0.05) is 12.7 Å². The smallest absolute Gasteiger partial charge is 0.0884 e. The Morgan fingerprint density at radius 3 is 1.64 bits per heavy atom. The third-order valence-corrected chi connectivity index (χ3v) is 3.44. The van der Waals surface area contributed by atoms with E-state index in [4.69, 9.17) is 0 Å². The van der Waals surface area contributed by atoms with Gasteiger partial charge < -0.3 is 0 Å². The van der Waals surface area contributed by atoms with Crippen LogP contribution in [0, 0.1) is 0 Å². The molecular formula is C8H20N2Si. The Bertz CT molecular complexity index is 124. The van der Waals surface area contributed by atoms with Crippen LogP contribution in [0.3, 0.4) is 0 Å². The predicted molar refractivity (Wildman–Crippen MR) is 55.0 cm³/mol. The Kier molecular flexibility index (Phi) is 4.00. The fraction of sp³-hybridized carbons (Fsp3) is 0.750. The van der Waals surface area contributed by atoms with Crippen LogP contribution in [0.5, 0.6) is 0 Å². The van der Waals surface area contributed by atoms with Crippen LogP contribution in [-0.2, 0) is 0 Å². The van der Waals surface area contributed by atoms with E-state index in [0.29, 0.717) is 0 Å². The van der Waals surface area contributed by atoms with Gasteiger partial charge in [0.15, 0.2) is 0 Å². The molecule has 0 spiro atoms. The van der Waals surface area contributed by atoms with Gasteiger partial charge in [-0.05, 0) is 34.2 Å². The topological polar surface area (TPSA) is 6.48 Å². The molecule has 0 saturated carbocycles. The molecule has 0 amide bonds. The van der Waals surface area contributed by atoms with Crippen molar-refractivity contribution in [3.8, 4) is 0 Å².